The Labute approximate surface area is 205 Å². The summed E-state index contributed by atoms with van der Waals surface area (Å²) in [5, 5.41) is 12.6. The summed E-state index contributed by atoms with van der Waals surface area (Å²) in [5.74, 6) is 0.613. The van der Waals surface area contributed by atoms with Crippen LogP contribution >= 0.6 is 11.3 Å². The summed E-state index contributed by atoms with van der Waals surface area (Å²) in [6, 6.07) is 18.5. The Kier molecular flexibility index (Phi) is 6.67. The Morgan fingerprint density at radius 2 is 1.91 bits per heavy atom. The Morgan fingerprint density at radius 1 is 1.15 bits per heavy atom. The quantitative estimate of drug-likeness (QED) is 0.423. The molecule has 3 aromatic rings. The molecule has 176 valence electrons. The summed E-state index contributed by atoms with van der Waals surface area (Å²) in [6.07, 6.45) is 1.39. The molecule has 0 saturated carbocycles. The van der Waals surface area contributed by atoms with Crippen LogP contribution in [0, 0.1) is 11.3 Å². The minimum absolute atomic E-state index is 0.0140. The average Bonchev–Trinajstić information content (AvgIpc) is 3.40. The molecular weight excluding hydrogens is 444 g/mol. The zero-order valence-electron chi connectivity index (χ0n) is 20.3. The van der Waals surface area contributed by atoms with Crippen molar-refractivity contribution in [2.24, 2.45) is 0 Å². The van der Waals surface area contributed by atoms with Crippen LogP contribution in [0.1, 0.15) is 63.8 Å². The van der Waals surface area contributed by atoms with E-state index in [0.717, 1.165) is 28.8 Å². The molecule has 34 heavy (non-hydrogen) atoms. The van der Waals surface area contributed by atoms with E-state index in [-0.39, 0.29) is 18.2 Å². The fraction of sp³-hybridized carbons (Fsp3) is 0.357. The van der Waals surface area contributed by atoms with Gasteiger partial charge in [0.15, 0.2) is 0 Å². The highest BCUT2D eigenvalue weighted by Crippen LogP contribution is 2.42. The number of thiophene rings is 1. The number of nitrogens with one attached hydrogen (secondary N) is 1. The molecule has 0 radical (unpaired) electrons. The molecule has 1 amide bonds. The van der Waals surface area contributed by atoms with Crippen molar-refractivity contribution in [2.45, 2.75) is 65.2 Å². The van der Waals surface area contributed by atoms with Crippen LogP contribution in [0.5, 0.6) is 5.75 Å². The van der Waals surface area contributed by atoms with E-state index in [1.165, 1.54) is 16.0 Å². The summed E-state index contributed by atoms with van der Waals surface area (Å²) in [5.41, 5.74) is 4.64. The maximum atomic E-state index is 12.3. The van der Waals surface area contributed by atoms with Crippen molar-refractivity contribution in [3.63, 3.8) is 0 Å². The molecule has 1 aliphatic carbocycles. The van der Waals surface area contributed by atoms with Gasteiger partial charge in [-0.1, -0.05) is 18.2 Å². The second kappa shape index (κ2) is 9.52. The minimum atomic E-state index is -0.523. The number of hydrogen-bond donors (Lipinski definition) is 1. The number of benzene rings is 2. The van der Waals surface area contributed by atoms with Gasteiger partial charge < -0.3 is 14.8 Å². The molecule has 2 aromatic carbocycles. The molecule has 1 atom stereocenters. The molecule has 4 rings (SSSR count). The first-order valence-electron chi connectivity index (χ1n) is 11.6. The molecule has 0 saturated heterocycles. The zero-order chi connectivity index (χ0) is 24.5. The highest BCUT2D eigenvalue weighted by atomic mass is 32.1. The topological polar surface area (TPSA) is 71.3 Å². The number of nitriles is 1. The predicted octanol–water partition coefficient (Wildman–Crippen LogP) is 7.25. The third kappa shape index (κ3) is 5.26. The lowest BCUT2D eigenvalue weighted by Crippen LogP contribution is -2.34. The normalized spacial score (nSPS) is 15.0. The van der Waals surface area contributed by atoms with Gasteiger partial charge in [0.1, 0.15) is 17.4 Å². The number of fused-ring (bicyclic) bond motifs is 1. The van der Waals surface area contributed by atoms with Crippen LogP contribution in [0.2, 0.25) is 0 Å². The Hall–Kier alpha value is -3.30. The van der Waals surface area contributed by atoms with Gasteiger partial charge >= 0.3 is 6.09 Å². The first-order chi connectivity index (χ1) is 16.1. The second-order valence-electron chi connectivity index (χ2n) is 9.76. The van der Waals surface area contributed by atoms with Gasteiger partial charge in [0, 0.05) is 9.75 Å². The summed E-state index contributed by atoms with van der Waals surface area (Å²) < 4.78 is 11.2. The fourth-order valence-corrected chi connectivity index (χ4v) is 5.31. The van der Waals surface area contributed by atoms with Crippen molar-refractivity contribution in [2.75, 3.05) is 0 Å². The standard InChI is InChI=1S/C28H30N2O3S/c1-17(2)32-24-12-9-18(15-19(24)16-29)25-13-14-26(34-25)22-8-6-7-21-20(22)10-11-23(21)30-27(31)33-28(3,4)5/h6-9,12-15,17,23H,10-11H2,1-5H3,(H,30,31). The van der Waals surface area contributed by atoms with Gasteiger partial charge in [0.2, 0.25) is 0 Å². The van der Waals surface area contributed by atoms with Crippen molar-refractivity contribution < 1.29 is 14.3 Å². The number of carbonyl (C=O) groups excluding carboxylic acids is 1. The lowest BCUT2D eigenvalue weighted by molar-refractivity contribution is 0.0503. The Bertz CT molecular complexity index is 1250. The monoisotopic (exact) mass is 474 g/mol. The molecular formula is C28H30N2O3S. The van der Waals surface area contributed by atoms with E-state index in [2.05, 4.69) is 41.7 Å². The van der Waals surface area contributed by atoms with Gasteiger partial charge in [-0.05, 0) is 100 Å². The maximum Gasteiger partial charge on any atom is 0.408 e. The predicted molar refractivity (Wildman–Crippen MR) is 136 cm³/mol. The van der Waals surface area contributed by atoms with Crippen molar-refractivity contribution in [3.05, 3.63) is 65.2 Å². The molecule has 0 aliphatic heterocycles. The number of alkyl carbamates (subject to hydrolysis) is 1. The highest BCUT2D eigenvalue weighted by Gasteiger charge is 2.28. The van der Waals surface area contributed by atoms with E-state index in [0.29, 0.717) is 11.3 Å². The van der Waals surface area contributed by atoms with Gasteiger partial charge in [-0.25, -0.2) is 4.79 Å². The number of ether oxygens (including phenoxy) is 2. The third-order valence-corrected chi connectivity index (χ3v) is 6.75. The largest absolute Gasteiger partial charge is 0.490 e. The lowest BCUT2D eigenvalue weighted by atomic mass is 10.0. The first kappa shape index (κ1) is 23.8. The van der Waals surface area contributed by atoms with Gasteiger partial charge in [0.05, 0.1) is 17.7 Å². The van der Waals surface area contributed by atoms with E-state index < -0.39 is 5.60 Å². The molecule has 6 heteroatoms. The van der Waals surface area contributed by atoms with Gasteiger partial charge in [-0.15, -0.1) is 11.3 Å². The molecule has 1 aliphatic rings. The van der Waals surface area contributed by atoms with Gasteiger partial charge in [-0.3, -0.25) is 0 Å². The first-order valence-corrected chi connectivity index (χ1v) is 12.4. The molecule has 0 fully saturated rings. The smallest absolute Gasteiger partial charge is 0.408 e. The SMILES string of the molecule is CC(C)Oc1ccc(-c2ccc(-c3cccc4c3CCC4NC(=O)OC(C)(C)C)s2)cc1C#N. The van der Waals surface area contributed by atoms with E-state index in [1.54, 1.807) is 11.3 Å². The van der Waals surface area contributed by atoms with Crippen LogP contribution in [-0.4, -0.2) is 17.8 Å². The molecule has 1 N–H and O–H groups in total. The van der Waals surface area contributed by atoms with Crippen LogP contribution < -0.4 is 10.1 Å². The summed E-state index contributed by atoms with van der Waals surface area (Å²) in [7, 11) is 0. The van der Waals surface area contributed by atoms with Gasteiger partial charge in [-0.2, -0.15) is 5.26 Å². The van der Waals surface area contributed by atoms with Crippen LogP contribution in [-0.2, 0) is 11.2 Å². The van der Waals surface area contributed by atoms with E-state index >= 15 is 0 Å². The molecule has 5 nitrogen and oxygen atoms in total. The van der Waals surface area contributed by atoms with E-state index in [1.807, 2.05) is 52.8 Å². The minimum Gasteiger partial charge on any atom is -0.490 e. The Balaban J connectivity index is 1.58. The fourth-order valence-electron chi connectivity index (χ4n) is 4.25. The average molecular weight is 475 g/mol. The van der Waals surface area contributed by atoms with Crippen LogP contribution in [0.15, 0.2) is 48.5 Å². The van der Waals surface area contributed by atoms with Crippen LogP contribution in [0.4, 0.5) is 4.79 Å². The summed E-state index contributed by atoms with van der Waals surface area (Å²) in [6.45, 7) is 9.50. The number of rotatable bonds is 5. The number of amides is 1. The molecule has 0 bridgehead atoms. The second-order valence-corrected chi connectivity index (χ2v) is 10.8. The maximum absolute atomic E-state index is 12.3. The van der Waals surface area contributed by atoms with Crippen molar-refractivity contribution >= 4 is 17.4 Å². The summed E-state index contributed by atoms with van der Waals surface area (Å²) in [4.78, 5) is 14.6. The van der Waals surface area contributed by atoms with E-state index in [4.69, 9.17) is 9.47 Å². The summed E-state index contributed by atoms with van der Waals surface area (Å²) >= 11 is 1.70. The highest BCUT2D eigenvalue weighted by molar-refractivity contribution is 7.18. The molecule has 0 spiro atoms. The van der Waals surface area contributed by atoms with Crippen molar-refractivity contribution in [1.82, 2.24) is 5.32 Å². The van der Waals surface area contributed by atoms with Crippen molar-refractivity contribution in [3.8, 4) is 32.7 Å². The molecule has 1 heterocycles. The molecule has 1 aromatic heterocycles. The zero-order valence-corrected chi connectivity index (χ0v) is 21.1. The molecule has 1 unspecified atom stereocenters. The van der Waals surface area contributed by atoms with Crippen LogP contribution in [0.3, 0.4) is 0 Å². The number of carbonyl (C=O) groups is 1. The van der Waals surface area contributed by atoms with Gasteiger partial charge in [0.25, 0.3) is 0 Å². The lowest BCUT2D eigenvalue weighted by Gasteiger charge is -2.22. The number of nitrogens with zero attached hydrogens (tertiary/aromatic N) is 1. The Morgan fingerprint density at radius 3 is 2.62 bits per heavy atom. The third-order valence-electron chi connectivity index (χ3n) is 5.58. The van der Waals surface area contributed by atoms with Crippen LogP contribution in [0.25, 0.3) is 20.9 Å². The van der Waals surface area contributed by atoms with E-state index in [9.17, 15) is 10.1 Å². The number of hydrogen-bond acceptors (Lipinski definition) is 5. The van der Waals surface area contributed by atoms with Crippen molar-refractivity contribution in [1.29, 1.82) is 5.26 Å².